The molecule has 0 saturated carbocycles. The minimum Gasteiger partial charge on any atom is -0.466 e. The summed E-state index contributed by atoms with van der Waals surface area (Å²) >= 11 is 0. The lowest BCUT2D eigenvalue weighted by molar-refractivity contribution is -0.141. The molecule has 0 unspecified atom stereocenters. The fraction of sp³-hybridized carbons (Fsp3) is 0.636. The van der Waals surface area contributed by atoms with Crippen molar-refractivity contribution < 1.29 is 19.1 Å². The Morgan fingerprint density at radius 3 is 2.07 bits per heavy atom. The standard InChI is InChI=1S/C11H18O4/c1-10(12)14-8-6-4-3-5-7-9-15-11(2)13/h3-4H,5-9H2,1-2H3. The highest BCUT2D eigenvalue weighted by atomic mass is 16.5. The van der Waals surface area contributed by atoms with Crippen molar-refractivity contribution in [2.24, 2.45) is 0 Å². The smallest absolute Gasteiger partial charge is 0.302 e. The van der Waals surface area contributed by atoms with E-state index < -0.39 is 0 Å². The average molecular weight is 214 g/mol. The molecule has 0 aromatic heterocycles. The molecule has 0 fully saturated rings. The number of hydrogen-bond acceptors (Lipinski definition) is 4. The van der Waals surface area contributed by atoms with Crippen LogP contribution in [-0.2, 0) is 19.1 Å². The van der Waals surface area contributed by atoms with Crippen LogP contribution in [0.3, 0.4) is 0 Å². The first-order chi connectivity index (χ1) is 7.13. The van der Waals surface area contributed by atoms with Gasteiger partial charge in [-0.05, 0) is 19.3 Å². The molecule has 0 amide bonds. The zero-order valence-corrected chi connectivity index (χ0v) is 9.32. The van der Waals surface area contributed by atoms with Gasteiger partial charge < -0.3 is 9.47 Å². The van der Waals surface area contributed by atoms with E-state index in [0.29, 0.717) is 13.2 Å². The van der Waals surface area contributed by atoms with Gasteiger partial charge in [0, 0.05) is 13.8 Å². The van der Waals surface area contributed by atoms with Gasteiger partial charge in [-0.2, -0.15) is 0 Å². The predicted molar refractivity (Wildman–Crippen MR) is 56.3 cm³/mol. The molecule has 0 saturated heterocycles. The second-order valence-corrected chi connectivity index (χ2v) is 3.08. The van der Waals surface area contributed by atoms with Crippen molar-refractivity contribution in [2.75, 3.05) is 13.2 Å². The predicted octanol–water partition coefficient (Wildman–Crippen LogP) is 1.84. The van der Waals surface area contributed by atoms with E-state index in [2.05, 4.69) is 0 Å². The van der Waals surface area contributed by atoms with Gasteiger partial charge >= 0.3 is 11.9 Å². The van der Waals surface area contributed by atoms with Gasteiger partial charge in [-0.25, -0.2) is 0 Å². The van der Waals surface area contributed by atoms with Gasteiger partial charge in [0.15, 0.2) is 0 Å². The molecule has 0 aliphatic heterocycles. The van der Waals surface area contributed by atoms with Gasteiger partial charge in [0.1, 0.15) is 0 Å². The number of hydrogen-bond donors (Lipinski definition) is 0. The monoisotopic (exact) mass is 214 g/mol. The maximum absolute atomic E-state index is 10.4. The lowest BCUT2D eigenvalue weighted by Gasteiger charge is -1.98. The second-order valence-electron chi connectivity index (χ2n) is 3.08. The molecule has 0 aliphatic rings. The van der Waals surface area contributed by atoms with E-state index in [4.69, 9.17) is 9.47 Å². The van der Waals surface area contributed by atoms with Crippen molar-refractivity contribution in [1.82, 2.24) is 0 Å². The van der Waals surface area contributed by atoms with Crippen molar-refractivity contribution in [3.8, 4) is 0 Å². The van der Waals surface area contributed by atoms with Crippen LogP contribution in [0.25, 0.3) is 0 Å². The van der Waals surface area contributed by atoms with Crippen LogP contribution in [-0.4, -0.2) is 25.2 Å². The summed E-state index contributed by atoms with van der Waals surface area (Å²) in [6, 6.07) is 0. The molecule has 0 radical (unpaired) electrons. The van der Waals surface area contributed by atoms with Gasteiger partial charge in [-0.1, -0.05) is 12.2 Å². The van der Waals surface area contributed by atoms with Crippen LogP contribution in [0.4, 0.5) is 0 Å². The van der Waals surface area contributed by atoms with Crippen molar-refractivity contribution >= 4 is 11.9 Å². The second kappa shape index (κ2) is 9.24. The quantitative estimate of drug-likeness (QED) is 0.368. The number of carbonyl (C=O) groups is 2. The van der Waals surface area contributed by atoms with Crippen molar-refractivity contribution in [3.63, 3.8) is 0 Å². The number of ether oxygens (including phenoxy) is 2. The maximum Gasteiger partial charge on any atom is 0.302 e. The Kier molecular flexibility index (Phi) is 8.43. The van der Waals surface area contributed by atoms with E-state index in [1.54, 1.807) is 0 Å². The minimum atomic E-state index is -0.252. The van der Waals surface area contributed by atoms with Crippen LogP contribution < -0.4 is 0 Å². The van der Waals surface area contributed by atoms with Crippen LogP contribution in [0, 0.1) is 0 Å². The molecule has 15 heavy (non-hydrogen) atoms. The zero-order chi connectivity index (χ0) is 11.5. The summed E-state index contributed by atoms with van der Waals surface area (Å²) in [4.78, 5) is 20.8. The largest absolute Gasteiger partial charge is 0.466 e. The molecule has 4 heteroatoms. The van der Waals surface area contributed by atoms with Crippen LogP contribution >= 0.6 is 0 Å². The third-order valence-electron chi connectivity index (χ3n) is 1.58. The van der Waals surface area contributed by atoms with E-state index in [1.165, 1.54) is 13.8 Å². The molecule has 86 valence electrons. The van der Waals surface area contributed by atoms with Crippen LogP contribution in [0.15, 0.2) is 12.2 Å². The molecule has 0 bridgehead atoms. The average Bonchev–Trinajstić information content (AvgIpc) is 2.14. The Hall–Kier alpha value is -1.32. The Bertz CT molecular complexity index is 221. The first kappa shape index (κ1) is 13.7. The molecular weight excluding hydrogens is 196 g/mol. The molecule has 0 aromatic rings. The molecule has 0 N–H and O–H groups in total. The van der Waals surface area contributed by atoms with Gasteiger partial charge in [-0.15, -0.1) is 0 Å². The summed E-state index contributed by atoms with van der Waals surface area (Å²) in [7, 11) is 0. The summed E-state index contributed by atoms with van der Waals surface area (Å²) in [5.41, 5.74) is 0. The van der Waals surface area contributed by atoms with Crippen LogP contribution in [0.2, 0.25) is 0 Å². The molecule has 0 rings (SSSR count). The first-order valence-electron chi connectivity index (χ1n) is 5.04. The van der Waals surface area contributed by atoms with E-state index in [9.17, 15) is 9.59 Å². The fourth-order valence-electron chi connectivity index (χ4n) is 0.923. The van der Waals surface area contributed by atoms with Crippen LogP contribution in [0.5, 0.6) is 0 Å². The van der Waals surface area contributed by atoms with Crippen molar-refractivity contribution in [1.29, 1.82) is 0 Å². The lowest BCUT2D eigenvalue weighted by atomic mass is 10.3. The highest BCUT2D eigenvalue weighted by Gasteiger charge is 1.91. The Labute approximate surface area is 90.2 Å². The van der Waals surface area contributed by atoms with Gasteiger partial charge in [0.25, 0.3) is 0 Å². The van der Waals surface area contributed by atoms with E-state index in [0.717, 1.165) is 19.3 Å². The summed E-state index contributed by atoms with van der Waals surface area (Å²) in [5.74, 6) is -0.493. The Balaban J connectivity index is 3.17. The molecule has 0 aliphatic carbocycles. The van der Waals surface area contributed by atoms with E-state index in [1.807, 2.05) is 12.2 Å². The molecule has 0 aromatic carbocycles. The third kappa shape index (κ3) is 12.7. The SMILES string of the molecule is CC(=O)OCCC=CCCCOC(C)=O. The van der Waals surface area contributed by atoms with Crippen molar-refractivity contribution in [3.05, 3.63) is 12.2 Å². The molecule has 0 heterocycles. The molecule has 0 atom stereocenters. The normalized spacial score (nSPS) is 10.3. The lowest BCUT2D eigenvalue weighted by Crippen LogP contribution is -2.00. The first-order valence-corrected chi connectivity index (χ1v) is 5.04. The summed E-state index contributed by atoms with van der Waals surface area (Å²) < 4.78 is 9.50. The summed E-state index contributed by atoms with van der Waals surface area (Å²) in [6.07, 6.45) is 6.37. The minimum absolute atomic E-state index is 0.242. The number of esters is 2. The Morgan fingerprint density at radius 1 is 0.933 bits per heavy atom. The number of rotatable bonds is 7. The molecule has 0 spiro atoms. The molecule has 4 nitrogen and oxygen atoms in total. The summed E-state index contributed by atoms with van der Waals surface area (Å²) in [5, 5.41) is 0. The van der Waals surface area contributed by atoms with E-state index in [-0.39, 0.29) is 11.9 Å². The van der Waals surface area contributed by atoms with E-state index >= 15 is 0 Å². The highest BCUT2D eigenvalue weighted by molar-refractivity contribution is 5.66. The third-order valence-corrected chi connectivity index (χ3v) is 1.58. The zero-order valence-electron chi connectivity index (χ0n) is 9.32. The maximum atomic E-state index is 10.4. The topological polar surface area (TPSA) is 52.6 Å². The van der Waals surface area contributed by atoms with Gasteiger partial charge in [0.2, 0.25) is 0 Å². The van der Waals surface area contributed by atoms with Crippen LogP contribution in [0.1, 0.15) is 33.1 Å². The van der Waals surface area contributed by atoms with Crippen molar-refractivity contribution in [2.45, 2.75) is 33.1 Å². The highest BCUT2D eigenvalue weighted by Crippen LogP contribution is 1.94. The van der Waals surface area contributed by atoms with Gasteiger partial charge in [0.05, 0.1) is 13.2 Å². The summed E-state index contributed by atoms with van der Waals surface area (Å²) in [6.45, 7) is 3.68. The number of allylic oxidation sites excluding steroid dienone is 1. The van der Waals surface area contributed by atoms with Gasteiger partial charge in [-0.3, -0.25) is 9.59 Å². The molecular formula is C11H18O4. The number of carbonyl (C=O) groups excluding carboxylic acids is 2. The number of unbranched alkanes of at least 4 members (excludes halogenated alkanes) is 1. The fourth-order valence-corrected chi connectivity index (χ4v) is 0.923. The Morgan fingerprint density at radius 2 is 1.47 bits per heavy atom.